The van der Waals surface area contributed by atoms with Crippen molar-refractivity contribution in [3.8, 4) is 11.3 Å². The molecule has 118 valence electrons. The van der Waals surface area contributed by atoms with Gasteiger partial charge in [-0.25, -0.2) is 25.1 Å². The summed E-state index contributed by atoms with van der Waals surface area (Å²) >= 11 is 16.8. The normalized spacial score (nSPS) is 11.2. The molecule has 0 aliphatic heterocycles. The Bertz CT molecular complexity index is 806. The van der Waals surface area contributed by atoms with Crippen molar-refractivity contribution in [3.63, 3.8) is 0 Å². The van der Waals surface area contributed by atoms with E-state index in [1.54, 1.807) is 25.1 Å². The lowest BCUT2D eigenvalue weighted by Gasteiger charge is -2.04. The molecular formula is C14H12Cl2N5OS+. The van der Waals surface area contributed by atoms with Gasteiger partial charge in [-0.3, -0.25) is 0 Å². The Morgan fingerprint density at radius 3 is 2.65 bits per heavy atom. The minimum absolute atomic E-state index is 0.0877. The van der Waals surface area contributed by atoms with E-state index in [0.717, 1.165) is 0 Å². The van der Waals surface area contributed by atoms with E-state index in [0.29, 0.717) is 27.1 Å². The van der Waals surface area contributed by atoms with Crippen LogP contribution in [0.25, 0.3) is 11.3 Å². The number of halogens is 2. The van der Waals surface area contributed by atoms with Gasteiger partial charge in [-0.2, -0.15) is 0 Å². The number of carbonyl (C=O) groups is 1. The Morgan fingerprint density at radius 2 is 2.00 bits per heavy atom. The summed E-state index contributed by atoms with van der Waals surface area (Å²) in [5.74, 6) is -0.109. The number of amides is 1. The largest absolute Gasteiger partial charge is 0.331 e. The molecule has 0 saturated heterocycles. The number of carbonyl (C=O) groups excluding carboxylic acids is 1. The van der Waals surface area contributed by atoms with Crippen LogP contribution in [0.5, 0.6) is 0 Å². The molecule has 0 atom stereocenters. The van der Waals surface area contributed by atoms with Gasteiger partial charge in [0, 0.05) is 12.5 Å². The number of amidine groups is 1. The molecular weight excluding hydrogens is 357 g/mol. The molecule has 0 bridgehead atoms. The molecule has 4 N–H and O–H groups in total. The van der Waals surface area contributed by atoms with Gasteiger partial charge in [-0.15, -0.1) is 0 Å². The van der Waals surface area contributed by atoms with Crippen LogP contribution in [0.15, 0.2) is 30.6 Å². The molecule has 1 aromatic carbocycles. The number of benzene rings is 1. The number of nitrogens with two attached hydrogens (primary N) is 1. The van der Waals surface area contributed by atoms with Gasteiger partial charge in [-0.1, -0.05) is 29.3 Å². The predicted octanol–water partition coefficient (Wildman–Crippen LogP) is 0.923. The van der Waals surface area contributed by atoms with E-state index in [2.05, 4.69) is 20.3 Å². The van der Waals surface area contributed by atoms with E-state index in [1.165, 1.54) is 12.4 Å². The molecule has 0 spiro atoms. The number of nitrogens with one attached hydrogen (secondary N) is 2. The Kier molecular flexibility index (Phi) is 5.59. The molecule has 2 aromatic rings. The maximum Gasteiger partial charge on any atom is 0.331 e. The molecule has 1 heterocycles. The highest BCUT2D eigenvalue weighted by Crippen LogP contribution is 2.27. The Morgan fingerprint density at radius 1 is 1.26 bits per heavy atom. The minimum atomic E-state index is -0.479. The average Bonchev–Trinajstić information content (AvgIpc) is 2.49. The Hall–Kier alpha value is -2.09. The number of aromatic nitrogens is 2. The smallest absolute Gasteiger partial charge is 0.323 e. The quantitative estimate of drug-likeness (QED) is 0.416. The third kappa shape index (κ3) is 4.69. The van der Waals surface area contributed by atoms with Gasteiger partial charge in [0.2, 0.25) is 0 Å². The number of thiocarbonyl (C=S) groups is 1. The SMILES string of the molecule is C/C(N)=[NH+]/C(=S)NC(=O)c1cc(-c2ccc(Cl)c(Cl)c2)ncn1. The molecule has 0 radical (unpaired) electrons. The average molecular weight is 369 g/mol. The van der Waals surface area contributed by atoms with E-state index >= 15 is 0 Å². The number of hydrogen-bond acceptors (Lipinski definition) is 4. The maximum absolute atomic E-state index is 12.1. The molecule has 6 nitrogen and oxygen atoms in total. The van der Waals surface area contributed by atoms with Crippen LogP contribution in [-0.4, -0.2) is 26.8 Å². The summed E-state index contributed by atoms with van der Waals surface area (Å²) in [6.45, 7) is 1.62. The highest BCUT2D eigenvalue weighted by molar-refractivity contribution is 7.79. The summed E-state index contributed by atoms with van der Waals surface area (Å²) in [6, 6.07) is 6.58. The second kappa shape index (κ2) is 7.45. The number of nitrogens with zero attached hydrogens (tertiary/aromatic N) is 2. The molecule has 0 aliphatic carbocycles. The molecule has 1 aromatic heterocycles. The summed E-state index contributed by atoms with van der Waals surface area (Å²) < 4.78 is 0. The molecule has 0 aliphatic rings. The van der Waals surface area contributed by atoms with Crippen LogP contribution < -0.4 is 16.0 Å². The molecule has 2 rings (SSSR count). The summed E-state index contributed by atoms with van der Waals surface area (Å²) in [5.41, 5.74) is 6.85. The van der Waals surface area contributed by atoms with Crippen molar-refractivity contribution < 1.29 is 9.79 Å². The topological polar surface area (TPSA) is 94.9 Å². The monoisotopic (exact) mass is 368 g/mol. The first kappa shape index (κ1) is 17.3. The Balaban J connectivity index is 2.25. The zero-order valence-corrected chi connectivity index (χ0v) is 14.3. The second-order valence-electron chi connectivity index (χ2n) is 4.51. The zero-order chi connectivity index (χ0) is 17.0. The highest BCUT2D eigenvalue weighted by atomic mass is 35.5. The molecule has 9 heteroatoms. The van der Waals surface area contributed by atoms with Gasteiger partial charge in [-0.05, 0) is 30.4 Å². The summed E-state index contributed by atoms with van der Waals surface area (Å²) in [6.07, 6.45) is 1.28. The third-order valence-corrected chi connectivity index (χ3v) is 3.60. The van der Waals surface area contributed by atoms with Crippen molar-refractivity contribution in [2.24, 2.45) is 5.73 Å². The maximum atomic E-state index is 12.1. The summed E-state index contributed by atoms with van der Waals surface area (Å²) in [7, 11) is 0. The van der Waals surface area contributed by atoms with Crippen LogP contribution in [0.1, 0.15) is 17.4 Å². The van der Waals surface area contributed by atoms with Crippen LogP contribution >= 0.6 is 35.4 Å². The predicted molar refractivity (Wildman–Crippen MR) is 93.4 cm³/mol. The van der Waals surface area contributed by atoms with Gasteiger partial charge < -0.3 is 5.73 Å². The fraction of sp³-hybridized carbons (Fsp3) is 0.0714. The van der Waals surface area contributed by atoms with Crippen molar-refractivity contribution in [3.05, 3.63) is 46.3 Å². The van der Waals surface area contributed by atoms with E-state index in [4.69, 9.17) is 41.2 Å². The van der Waals surface area contributed by atoms with Gasteiger partial charge in [0.15, 0.2) is 5.84 Å². The van der Waals surface area contributed by atoms with E-state index in [1.807, 2.05) is 0 Å². The highest BCUT2D eigenvalue weighted by Gasteiger charge is 2.15. The first-order valence-corrected chi connectivity index (χ1v) is 7.52. The van der Waals surface area contributed by atoms with E-state index in [-0.39, 0.29) is 10.8 Å². The molecule has 0 saturated carbocycles. The molecule has 0 fully saturated rings. The lowest BCUT2D eigenvalue weighted by atomic mass is 10.1. The van der Waals surface area contributed by atoms with E-state index < -0.39 is 5.91 Å². The first-order valence-electron chi connectivity index (χ1n) is 6.35. The molecule has 0 unspecified atom stereocenters. The summed E-state index contributed by atoms with van der Waals surface area (Å²) in [5, 5.41) is 3.39. The lowest BCUT2D eigenvalue weighted by Crippen LogP contribution is -2.82. The van der Waals surface area contributed by atoms with Gasteiger partial charge >= 0.3 is 5.91 Å². The van der Waals surface area contributed by atoms with Gasteiger partial charge in [0.1, 0.15) is 12.0 Å². The van der Waals surface area contributed by atoms with Crippen molar-refractivity contribution >= 4 is 52.3 Å². The van der Waals surface area contributed by atoms with Crippen molar-refractivity contribution in [2.75, 3.05) is 0 Å². The Labute approximate surface area is 147 Å². The fourth-order valence-electron chi connectivity index (χ4n) is 1.67. The minimum Gasteiger partial charge on any atom is -0.323 e. The number of hydrogen-bond donors (Lipinski definition) is 3. The van der Waals surface area contributed by atoms with Crippen molar-refractivity contribution in [2.45, 2.75) is 6.92 Å². The van der Waals surface area contributed by atoms with E-state index in [9.17, 15) is 4.79 Å². The van der Waals surface area contributed by atoms with Crippen LogP contribution in [0.4, 0.5) is 0 Å². The summed E-state index contributed by atoms with van der Waals surface area (Å²) in [4.78, 5) is 22.8. The third-order valence-electron chi connectivity index (χ3n) is 2.65. The van der Waals surface area contributed by atoms with Crippen LogP contribution in [-0.2, 0) is 0 Å². The first-order chi connectivity index (χ1) is 10.9. The van der Waals surface area contributed by atoms with Crippen LogP contribution in [0.3, 0.4) is 0 Å². The number of rotatable bonds is 2. The molecule has 23 heavy (non-hydrogen) atoms. The van der Waals surface area contributed by atoms with Gasteiger partial charge in [0.25, 0.3) is 5.11 Å². The second-order valence-corrected chi connectivity index (χ2v) is 5.73. The fourth-order valence-corrected chi connectivity index (χ4v) is 2.22. The lowest BCUT2D eigenvalue weighted by molar-refractivity contribution is -0.316. The van der Waals surface area contributed by atoms with Crippen LogP contribution in [0, 0.1) is 0 Å². The van der Waals surface area contributed by atoms with Crippen molar-refractivity contribution in [1.29, 1.82) is 0 Å². The van der Waals surface area contributed by atoms with Crippen molar-refractivity contribution in [1.82, 2.24) is 15.3 Å². The molecule has 1 amide bonds. The van der Waals surface area contributed by atoms with Crippen LogP contribution in [0.2, 0.25) is 10.0 Å². The standard InChI is InChI=1S/C14H11Cl2N5OS/c1-7(17)20-14(23)21-13(22)12-5-11(18-6-19-12)8-2-3-9(15)10(16)4-8/h2-6H,1H3,(H3,17,20,21,22,23)/p+1. The van der Waals surface area contributed by atoms with Gasteiger partial charge in [0.05, 0.1) is 15.7 Å². The zero-order valence-electron chi connectivity index (χ0n) is 11.9.